The van der Waals surface area contributed by atoms with E-state index in [4.69, 9.17) is 16.6 Å². The quantitative estimate of drug-likeness (QED) is 0.798. The third-order valence-electron chi connectivity index (χ3n) is 3.84. The zero-order chi connectivity index (χ0) is 14.0. The molecule has 2 rings (SSSR count). The summed E-state index contributed by atoms with van der Waals surface area (Å²) in [5.74, 6) is 1.88. The Morgan fingerprint density at radius 1 is 1.32 bits per heavy atom. The van der Waals surface area contributed by atoms with Crippen LogP contribution in [0, 0.1) is 6.92 Å². The molecule has 2 heterocycles. The smallest absolute Gasteiger partial charge is 0.137 e. The maximum Gasteiger partial charge on any atom is 0.137 e. The van der Waals surface area contributed by atoms with Gasteiger partial charge in [-0.05, 0) is 27.3 Å². The second kappa shape index (κ2) is 6.06. The molecule has 0 radical (unpaired) electrons. The van der Waals surface area contributed by atoms with E-state index in [1.54, 1.807) is 0 Å². The number of likely N-dealkylation sites (N-methyl/N-ethyl adjacent to an activating group) is 1. The van der Waals surface area contributed by atoms with Crippen molar-refractivity contribution in [3.05, 3.63) is 16.5 Å². The Morgan fingerprint density at radius 2 is 2.05 bits per heavy atom. The first-order chi connectivity index (χ1) is 9.02. The van der Waals surface area contributed by atoms with E-state index in [-0.39, 0.29) is 0 Å². The number of nitrogens with zero attached hydrogens (tertiary/aromatic N) is 4. The first-order valence-electron chi connectivity index (χ1n) is 7.01. The van der Waals surface area contributed by atoms with Gasteiger partial charge in [-0.2, -0.15) is 0 Å². The van der Waals surface area contributed by atoms with Crippen LogP contribution in [0.5, 0.6) is 0 Å². The van der Waals surface area contributed by atoms with Crippen molar-refractivity contribution < 1.29 is 0 Å². The third kappa shape index (κ3) is 3.18. The molecule has 0 saturated carbocycles. The minimum absolute atomic E-state index is 0.538. The van der Waals surface area contributed by atoms with Gasteiger partial charge in [0.15, 0.2) is 0 Å². The van der Waals surface area contributed by atoms with Gasteiger partial charge >= 0.3 is 0 Å². The molecule has 1 unspecified atom stereocenters. The van der Waals surface area contributed by atoms with E-state index < -0.39 is 0 Å². The van der Waals surface area contributed by atoms with Gasteiger partial charge in [0.25, 0.3) is 0 Å². The van der Waals surface area contributed by atoms with Crippen molar-refractivity contribution in [3.63, 3.8) is 0 Å². The Hall–Kier alpha value is -0.870. The molecule has 0 bridgehead atoms. The Labute approximate surface area is 120 Å². The summed E-state index contributed by atoms with van der Waals surface area (Å²) in [6.45, 7) is 9.45. The van der Waals surface area contributed by atoms with Gasteiger partial charge in [-0.15, -0.1) is 0 Å². The lowest BCUT2D eigenvalue weighted by molar-refractivity contribution is 0.233. The first kappa shape index (κ1) is 14.5. The molecule has 0 aromatic carbocycles. The summed E-state index contributed by atoms with van der Waals surface area (Å²) in [4.78, 5) is 13.8. The summed E-state index contributed by atoms with van der Waals surface area (Å²) in [7, 11) is 2.17. The number of anilines is 1. The van der Waals surface area contributed by atoms with Crippen molar-refractivity contribution in [2.24, 2.45) is 0 Å². The number of hydrogen-bond donors (Lipinski definition) is 0. The SMILES string of the molecule is CCCc1nc(Cl)c(C)c(N2CCN(C)C(C)C2)n1. The van der Waals surface area contributed by atoms with Gasteiger partial charge in [-0.1, -0.05) is 18.5 Å². The van der Waals surface area contributed by atoms with Gasteiger partial charge in [0, 0.05) is 37.7 Å². The van der Waals surface area contributed by atoms with Crippen LogP contribution in [0.15, 0.2) is 0 Å². The molecule has 0 N–H and O–H groups in total. The normalized spacial score (nSPS) is 20.9. The molecule has 0 aliphatic carbocycles. The maximum absolute atomic E-state index is 6.25. The second-order valence-electron chi connectivity index (χ2n) is 5.40. The summed E-state index contributed by atoms with van der Waals surface area (Å²) in [5.41, 5.74) is 0.998. The van der Waals surface area contributed by atoms with Crippen LogP contribution in [0.2, 0.25) is 5.15 Å². The van der Waals surface area contributed by atoms with Crippen LogP contribution >= 0.6 is 11.6 Å². The average Bonchev–Trinajstić information content (AvgIpc) is 2.37. The van der Waals surface area contributed by atoms with Crippen molar-refractivity contribution in [2.75, 3.05) is 31.6 Å². The summed E-state index contributed by atoms with van der Waals surface area (Å²) < 4.78 is 0. The summed E-state index contributed by atoms with van der Waals surface area (Å²) in [6, 6.07) is 0.538. The lowest BCUT2D eigenvalue weighted by atomic mass is 10.2. The van der Waals surface area contributed by atoms with E-state index in [1.807, 2.05) is 6.92 Å². The summed E-state index contributed by atoms with van der Waals surface area (Å²) in [6.07, 6.45) is 1.92. The number of rotatable bonds is 3. The molecule has 1 fully saturated rings. The van der Waals surface area contributed by atoms with Crippen molar-refractivity contribution in [1.29, 1.82) is 0 Å². The molecule has 1 aliphatic heterocycles. The maximum atomic E-state index is 6.25. The van der Waals surface area contributed by atoms with E-state index in [2.05, 4.69) is 35.7 Å². The molecule has 1 saturated heterocycles. The molecular weight excluding hydrogens is 260 g/mol. The highest BCUT2D eigenvalue weighted by atomic mass is 35.5. The van der Waals surface area contributed by atoms with Gasteiger partial charge in [0.2, 0.25) is 0 Å². The summed E-state index contributed by atoms with van der Waals surface area (Å²) >= 11 is 6.25. The zero-order valence-electron chi connectivity index (χ0n) is 12.3. The van der Waals surface area contributed by atoms with Crippen LogP contribution < -0.4 is 4.90 Å². The van der Waals surface area contributed by atoms with Crippen molar-refractivity contribution in [3.8, 4) is 0 Å². The van der Waals surface area contributed by atoms with Crippen LogP contribution in [0.4, 0.5) is 5.82 Å². The summed E-state index contributed by atoms with van der Waals surface area (Å²) in [5, 5.41) is 0.597. The largest absolute Gasteiger partial charge is 0.353 e. The molecular formula is C14H23ClN4. The topological polar surface area (TPSA) is 32.3 Å². The zero-order valence-corrected chi connectivity index (χ0v) is 13.0. The number of piperazine rings is 1. The molecule has 1 aromatic rings. The van der Waals surface area contributed by atoms with Crippen molar-refractivity contribution >= 4 is 17.4 Å². The highest BCUT2D eigenvalue weighted by Gasteiger charge is 2.24. The van der Waals surface area contributed by atoms with E-state index in [0.717, 1.165) is 49.7 Å². The molecule has 106 valence electrons. The average molecular weight is 283 g/mol. The van der Waals surface area contributed by atoms with E-state index in [1.165, 1.54) is 0 Å². The van der Waals surface area contributed by atoms with Gasteiger partial charge in [-0.25, -0.2) is 9.97 Å². The fraction of sp³-hybridized carbons (Fsp3) is 0.714. The van der Waals surface area contributed by atoms with E-state index in [0.29, 0.717) is 11.2 Å². The fourth-order valence-corrected chi connectivity index (χ4v) is 2.59. The molecule has 0 spiro atoms. The minimum Gasteiger partial charge on any atom is -0.353 e. The second-order valence-corrected chi connectivity index (χ2v) is 5.76. The van der Waals surface area contributed by atoms with Crippen LogP contribution in [0.1, 0.15) is 31.7 Å². The van der Waals surface area contributed by atoms with Crippen molar-refractivity contribution in [1.82, 2.24) is 14.9 Å². The number of hydrogen-bond acceptors (Lipinski definition) is 4. The van der Waals surface area contributed by atoms with Gasteiger partial charge in [-0.3, -0.25) is 0 Å². The van der Waals surface area contributed by atoms with Crippen LogP contribution in [-0.2, 0) is 6.42 Å². The highest BCUT2D eigenvalue weighted by molar-refractivity contribution is 6.30. The van der Waals surface area contributed by atoms with Crippen molar-refractivity contribution in [2.45, 2.75) is 39.7 Å². The van der Waals surface area contributed by atoms with Gasteiger partial charge in [0.1, 0.15) is 16.8 Å². The Bertz CT molecular complexity index is 449. The Morgan fingerprint density at radius 3 is 2.68 bits per heavy atom. The lowest BCUT2D eigenvalue weighted by Gasteiger charge is -2.39. The predicted octanol–water partition coefficient (Wildman–Crippen LogP) is 2.53. The lowest BCUT2D eigenvalue weighted by Crippen LogP contribution is -2.50. The molecule has 5 heteroatoms. The number of aromatic nitrogens is 2. The van der Waals surface area contributed by atoms with Crippen LogP contribution in [-0.4, -0.2) is 47.6 Å². The first-order valence-corrected chi connectivity index (χ1v) is 7.39. The molecule has 4 nitrogen and oxygen atoms in total. The minimum atomic E-state index is 0.538. The number of aryl methyl sites for hydroxylation is 1. The fourth-order valence-electron chi connectivity index (χ4n) is 2.40. The monoisotopic (exact) mass is 282 g/mol. The molecule has 0 amide bonds. The van der Waals surface area contributed by atoms with Gasteiger partial charge < -0.3 is 9.80 Å². The number of halogens is 1. The Balaban J connectivity index is 2.28. The van der Waals surface area contributed by atoms with E-state index >= 15 is 0 Å². The van der Waals surface area contributed by atoms with Crippen LogP contribution in [0.25, 0.3) is 0 Å². The Kier molecular flexibility index (Phi) is 4.63. The van der Waals surface area contributed by atoms with E-state index in [9.17, 15) is 0 Å². The molecule has 1 aliphatic rings. The van der Waals surface area contributed by atoms with Crippen LogP contribution in [0.3, 0.4) is 0 Å². The van der Waals surface area contributed by atoms with Gasteiger partial charge in [0.05, 0.1) is 0 Å². The highest BCUT2D eigenvalue weighted by Crippen LogP contribution is 2.25. The standard InChI is InChI=1S/C14H23ClN4/c1-5-6-12-16-13(15)11(3)14(17-12)19-8-7-18(4)10(2)9-19/h10H,5-9H2,1-4H3. The molecule has 19 heavy (non-hydrogen) atoms. The molecule has 1 aromatic heterocycles. The predicted molar refractivity (Wildman–Crippen MR) is 80.1 cm³/mol. The molecule has 1 atom stereocenters. The third-order valence-corrected chi connectivity index (χ3v) is 4.21.